The van der Waals surface area contributed by atoms with Crippen LogP contribution in [0.25, 0.3) is 0 Å². The van der Waals surface area contributed by atoms with Crippen LogP contribution >= 0.6 is 40.5 Å². The zero-order valence-electron chi connectivity index (χ0n) is 13.4. The van der Waals surface area contributed by atoms with Gasteiger partial charge in [0.25, 0.3) is 0 Å². The van der Waals surface area contributed by atoms with Crippen LogP contribution in [0.5, 0.6) is 11.5 Å². The van der Waals surface area contributed by atoms with Gasteiger partial charge in [0.2, 0.25) is 0 Å². The van der Waals surface area contributed by atoms with Crippen LogP contribution in [-0.4, -0.2) is 10.3 Å². The fourth-order valence-electron chi connectivity index (χ4n) is 1.93. The van der Waals surface area contributed by atoms with Crippen LogP contribution in [0, 0.1) is 22.5 Å². The standard InChI is InChI=1S/C16H16F2N4OS2.BrH/c17-11-3-4-13(10(5-11)8-25-16(21)22)23-14-6-12(18)2-1-9(14)7-24-15(19)20;/h1-6H,7-8H2,(H3,19,20)(H3,21,22);1H. The molecule has 2 aromatic carbocycles. The van der Waals surface area contributed by atoms with Crippen LogP contribution in [0.3, 0.4) is 0 Å². The fourth-order valence-corrected chi connectivity index (χ4v) is 3.02. The van der Waals surface area contributed by atoms with Gasteiger partial charge in [-0.25, -0.2) is 8.78 Å². The van der Waals surface area contributed by atoms with Crippen molar-refractivity contribution < 1.29 is 13.5 Å². The second kappa shape index (κ2) is 10.4. The van der Waals surface area contributed by atoms with Gasteiger partial charge in [0, 0.05) is 28.7 Å². The number of nitrogens with one attached hydrogen (secondary N) is 2. The van der Waals surface area contributed by atoms with Crippen molar-refractivity contribution in [2.75, 3.05) is 0 Å². The van der Waals surface area contributed by atoms with E-state index in [1.54, 1.807) is 6.07 Å². The summed E-state index contributed by atoms with van der Waals surface area (Å²) < 4.78 is 32.9. The highest BCUT2D eigenvalue weighted by Crippen LogP contribution is 2.33. The van der Waals surface area contributed by atoms with Crippen molar-refractivity contribution in [1.29, 1.82) is 10.8 Å². The third-order valence-corrected chi connectivity index (χ3v) is 4.57. The van der Waals surface area contributed by atoms with E-state index >= 15 is 0 Å². The lowest BCUT2D eigenvalue weighted by Crippen LogP contribution is -2.05. The predicted molar refractivity (Wildman–Crippen MR) is 110 cm³/mol. The van der Waals surface area contributed by atoms with Crippen molar-refractivity contribution in [3.63, 3.8) is 0 Å². The molecule has 0 aliphatic rings. The summed E-state index contributed by atoms with van der Waals surface area (Å²) in [5, 5.41) is 14.4. The third kappa shape index (κ3) is 6.85. The summed E-state index contributed by atoms with van der Waals surface area (Å²) in [6, 6.07) is 8.03. The molecule has 0 aliphatic carbocycles. The van der Waals surface area contributed by atoms with E-state index in [1.807, 2.05) is 0 Å². The van der Waals surface area contributed by atoms with Crippen molar-refractivity contribution in [2.24, 2.45) is 11.5 Å². The Morgan fingerprint density at radius 3 is 2.00 bits per heavy atom. The molecule has 0 radical (unpaired) electrons. The van der Waals surface area contributed by atoms with E-state index in [2.05, 4.69) is 0 Å². The zero-order valence-corrected chi connectivity index (χ0v) is 16.8. The van der Waals surface area contributed by atoms with Gasteiger partial charge in [0.05, 0.1) is 0 Å². The van der Waals surface area contributed by atoms with Crippen LogP contribution in [-0.2, 0) is 11.5 Å². The molecule has 0 saturated carbocycles. The average Bonchev–Trinajstić information content (AvgIpc) is 2.54. The Bertz CT molecular complexity index is 808. The summed E-state index contributed by atoms with van der Waals surface area (Å²) in [7, 11) is 0. The molecule has 0 aliphatic heterocycles. The molecule has 10 heteroatoms. The van der Waals surface area contributed by atoms with Crippen LogP contribution < -0.4 is 16.2 Å². The molecular weight excluding hydrogens is 446 g/mol. The SMILES string of the molecule is Br.N=C(N)SCc1cc(F)ccc1Oc1cc(F)ccc1CSC(=N)N. The number of thioether (sulfide) groups is 2. The van der Waals surface area contributed by atoms with E-state index in [0.717, 1.165) is 23.5 Å². The van der Waals surface area contributed by atoms with Gasteiger partial charge in [-0.05, 0) is 24.3 Å². The van der Waals surface area contributed by atoms with E-state index < -0.39 is 11.6 Å². The molecule has 6 N–H and O–H groups in total. The molecule has 0 heterocycles. The molecule has 5 nitrogen and oxygen atoms in total. The normalized spacial score (nSPS) is 10.1. The van der Waals surface area contributed by atoms with Gasteiger partial charge in [-0.2, -0.15) is 0 Å². The summed E-state index contributed by atoms with van der Waals surface area (Å²) in [6.07, 6.45) is 0. The van der Waals surface area contributed by atoms with E-state index in [0.29, 0.717) is 22.6 Å². The average molecular weight is 463 g/mol. The molecule has 0 fully saturated rings. The van der Waals surface area contributed by atoms with E-state index in [4.69, 9.17) is 27.0 Å². The minimum Gasteiger partial charge on any atom is -0.457 e. The number of hydrogen-bond donors (Lipinski definition) is 4. The molecule has 26 heavy (non-hydrogen) atoms. The number of ether oxygens (including phenoxy) is 1. The van der Waals surface area contributed by atoms with Crippen LogP contribution in [0.1, 0.15) is 11.1 Å². The molecule has 0 aromatic heterocycles. The second-order valence-corrected chi connectivity index (χ2v) is 6.95. The van der Waals surface area contributed by atoms with E-state index in [9.17, 15) is 8.78 Å². The molecule has 0 unspecified atom stereocenters. The van der Waals surface area contributed by atoms with Gasteiger partial charge < -0.3 is 16.2 Å². The molecule has 2 aromatic rings. The first-order valence-corrected chi connectivity index (χ1v) is 9.00. The maximum Gasteiger partial charge on any atom is 0.151 e. The maximum atomic E-state index is 13.6. The third-order valence-electron chi connectivity index (χ3n) is 3.04. The quantitative estimate of drug-likeness (QED) is 0.370. The van der Waals surface area contributed by atoms with Gasteiger partial charge in [-0.1, -0.05) is 29.6 Å². The zero-order chi connectivity index (χ0) is 18.4. The molecule has 0 amide bonds. The fraction of sp³-hybridized carbons (Fsp3) is 0.125. The Morgan fingerprint density at radius 2 is 1.38 bits per heavy atom. The van der Waals surface area contributed by atoms with Crippen LogP contribution in [0.4, 0.5) is 8.78 Å². The molecule has 2 rings (SSSR count). The summed E-state index contributed by atoms with van der Waals surface area (Å²) >= 11 is 2.12. The lowest BCUT2D eigenvalue weighted by molar-refractivity contribution is 0.466. The summed E-state index contributed by atoms with van der Waals surface area (Å²) in [5.41, 5.74) is 11.8. The second-order valence-electron chi connectivity index (χ2n) is 4.91. The number of halogens is 3. The van der Waals surface area contributed by atoms with Crippen molar-refractivity contribution in [3.8, 4) is 11.5 Å². The highest BCUT2D eigenvalue weighted by atomic mass is 79.9. The first-order chi connectivity index (χ1) is 11.8. The Morgan fingerprint density at radius 1 is 0.846 bits per heavy atom. The molecule has 0 atom stereocenters. The topological polar surface area (TPSA) is 109 Å². The lowest BCUT2D eigenvalue weighted by atomic mass is 10.2. The first-order valence-electron chi connectivity index (χ1n) is 7.03. The van der Waals surface area contributed by atoms with E-state index in [1.165, 1.54) is 30.3 Å². The number of benzene rings is 2. The van der Waals surface area contributed by atoms with Crippen LogP contribution in [0.15, 0.2) is 36.4 Å². The van der Waals surface area contributed by atoms with Gasteiger partial charge in [0.15, 0.2) is 10.3 Å². The van der Waals surface area contributed by atoms with Gasteiger partial charge in [0.1, 0.15) is 23.1 Å². The first kappa shape index (κ1) is 22.3. The molecular formula is C16H17BrF2N4OS2. The Kier molecular flexibility index (Phi) is 8.89. The minimum absolute atomic E-state index is 0. The Balaban J connectivity index is 0.00000338. The summed E-state index contributed by atoms with van der Waals surface area (Å²) in [6.45, 7) is 0. The molecule has 0 spiro atoms. The Hall–Kier alpha value is -1.78. The largest absolute Gasteiger partial charge is 0.457 e. The maximum absolute atomic E-state index is 13.6. The minimum atomic E-state index is -0.478. The summed E-state index contributed by atoms with van der Waals surface area (Å²) in [4.78, 5) is 0. The molecule has 0 bridgehead atoms. The van der Waals surface area contributed by atoms with Crippen molar-refractivity contribution in [3.05, 3.63) is 59.2 Å². The van der Waals surface area contributed by atoms with Crippen molar-refractivity contribution in [2.45, 2.75) is 11.5 Å². The predicted octanol–water partition coefficient (Wildman–Crippen LogP) is 4.59. The smallest absolute Gasteiger partial charge is 0.151 e. The van der Waals surface area contributed by atoms with E-state index in [-0.39, 0.29) is 38.8 Å². The summed E-state index contributed by atoms with van der Waals surface area (Å²) in [5.74, 6) is 0.259. The van der Waals surface area contributed by atoms with Gasteiger partial charge >= 0.3 is 0 Å². The number of nitrogens with two attached hydrogens (primary N) is 2. The number of rotatable bonds is 6. The highest BCUT2D eigenvalue weighted by molar-refractivity contribution is 8.93. The lowest BCUT2D eigenvalue weighted by Gasteiger charge is -2.14. The number of amidine groups is 2. The van der Waals surface area contributed by atoms with Crippen molar-refractivity contribution >= 4 is 50.8 Å². The molecule has 0 saturated heterocycles. The highest BCUT2D eigenvalue weighted by Gasteiger charge is 2.12. The Labute approximate surface area is 168 Å². The monoisotopic (exact) mass is 462 g/mol. The van der Waals surface area contributed by atoms with Crippen LogP contribution in [0.2, 0.25) is 0 Å². The number of hydrogen-bond acceptors (Lipinski definition) is 5. The van der Waals surface area contributed by atoms with Gasteiger partial charge in [-0.3, -0.25) is 10.8 Å². The molecule has 140 valence electrons. The van der Waals surface area contributed by atoms with Crippen molar-refractivity contribution in [1.82, 2.24) is 0 Å². The van der Waals surface area contributed by atoms with Gasteiger partial charge in [-0.15, -0.1) is 17.0 Å².